The smallest absolute Gasteiger partial charge is 0.0552 e. The van der Waals surface area contributed by atoms with Gasteiger partial charge in [-0.3, -0.25) is 0 Å². The van der Waals surface area contributed by atoms with Crippen LogP contribution in [0.3, 0.4) is 0 Å². The van der Waals surface area contributed by atoms with Gasteiger partial charge in [-0.1, -0.05) is 6.92 Å². The van der Waals surface area contributed by atoms with Crippen molar-refractivity contribution in [3.63, 3.8) is 0 Å². The molecule has 0 bridgehead atoms. The van der Waals surface area contributed by atoms with Gasteiger partial charge in [-0.2, -0.15) is 0 Å². The Balaban J connectivity index is -0.0000000437. The highest BCUT2D eigenvalue weighted by Gasteiger charge is 1.72. The minimum atomic E-state index is -1.07. The number of carboxylic acid groups (broad SMARTS) is 1. The van der Waals surface area contributed by atoms with Crippen LogP contribution in [0.25, 0.3) is 0 Å². The normalized spacial score (nSPS) is 6.09. The summed E-state index contributed by atoms with van der Waals surface area (Å²) in [6, 6.07) is 0. The van der Waals surface area contributed by atoms with Gasteiger partial charge >= 0.3 is 0 Å². The maximum atomic E-state index is 9.43. The molecule has 0 rings (SSSR count). The number of quaternary nitrogens is 2. The lowest BCUT2D eigenvalue weighted by Crippen LogP contribution is -2.32. The molecule has 0 amide bonds. The first-order valence-corrected chi connectivity index (χ1v) is 2.61. The molecule has 6 heteroatoms. The number of carboxylic acids is 1. The Bertz CT molecular complexity index is 70.0. The van der Waals surface area contributed by atoms with Gasteiger partial charge in [0.05, 0.1) is 5.97 Å². The lowest BCUT2D eigenvalue weighted by atomic mass is 10.7. The molecular weight excluding hydrogens is 150 g/mol. The molecule has 0 aliphatic heterocycles. The van der Waals surface area contributed by atoms with Crippen LogP contribution in [-0.2, 0) is 4.79 Å². The Morgan fingerprint density at radius 3 is 1.73 bits per heavy atom. The van der Waals surface area contributed by atoms with E-state index in [0.29, 0.717) is 0 Å². The molecule has 0 atom stereocenters. The maximum absolute atomic E-state index is 9.43. The summed E-state index contributed by atoms with van der Waals surface area (Å²) in [6.07, 6.45) is 0. The van der Waals surface area contributed by atoms with Crippen molar-refractivity contribution in [3.8, 4) is 0 Å². The van der Waals surface area contributed by atoms with Gasteiger partial charge in [0.15, 0.2) is 0 Å². The van der Waals surface area contributed by atoms with Gasteiger partial charge < -0.3 is 32.6 Å². The van der Waals surface area contributed by atoms with Crippen molar-refractivity contribution in [1.82, 2.24) is 17.6 Å². The molecule has 6 nitrogen and oxygen atoms in total. The number of likely N-dealkylation sites (N-methyl/N-ethyl adjacent to an activating group) is 1. The number of hydrogen-bond acceptors (Lipinski definition) is 4. The van der Waals surface area contributed by atoms with Gasteiger partial charge in [-0.05, 0) is 7.05 Å². The van der Waals surface area contributed by atoms with E-state index in [2.05, 4.69) is 5.32 Å². The Morgan fingerprint density at radius 1 is 1.45 bits per heavy atom. The van der Waals surface area contributed by atoms with E-state index in [1.54, 1.807) is 14.0 Å². The number of aliphatic carboxylic acids is 1. The summed E-state index contributed by atoms with van der Waals surface area (Å²) in [5.41, 5.74) is 0. The fourth-order valence-corrected chi connectivity index (χ4v) is 0.144. The van der Waals surface area contributed by atoms with Gasteiger partial charge in [0.25, 0.3) is 0 Å². The second-order valence-corrected chi connectivity index (χ2v) is 1.19. The third-order valence-electron chi connectivity index (χ3n) is 0.321. The summed E-state index contributed by atoms with van der Waals surface area (Å²) in [6.45, 7) is 1.50. The van der Waals surface area contributed by atoms with Crippen LogP contribution in [0.4, 0.5) is 0 Å². The molecule has 0 radical (unpaired) electrons. The minimum Gasteiger partial charge on any atom is -0.855 e. The van der Waals surface area contributed by atoms with Crippen molar-refractivity contribution in [2.75, 3.05) is 20.2 Å². The molecule has 0 aromatic carbocycles. The minimum absolute atomic E-state index is 0. The van der Waals surface area contributed by atoms with Gasteiger partial charge in [-0.15, -0.1) is 6.61 Å². The summed E-state index contributed by atoms with van der Waals surface area (Å²) in [5.74, 6) is -1.07. The SMILES string of the molecule is CC[O-].CNCC(=O)[O-].[NH4+].[NH4+]. The van der Waals surface area contributed by atoms with E-state index >= 15 is 0 Å². The van der Waals surface area contributed by atoms with Crippen LogP contribution in [0.5, 0.6) is 0 Å². The quantitative estimate of drug-likeness (QED) is 0.441. The fourth-order valence-electron chi connectivity index (χ4n) is 0.144. The monoisotopic (exact) mass is 169 g/mol. The first-order chi connectivity index (χ1) is 4.18. The van der Waals surface area contributed by atoms with E-state index in [1.807, 2.05) is 0 Å². The summed E-state index contributed by atoms with van der Waals surface area (Å²) in [5, 5.41) is 20.8. The summed E-state index contributed by atoms with van der Waals surface area (Å²) in [4.78, 5) is 9.43. The first kappa shape index (κ1) is 22.4. The molecule has 9 N–H and O–H groups in total. The Kier molecular flexibility index (Phi) is 46.5. The third kappa shape index (κ3) is 93.2. The van der Waals surface area contributed by atoms with E-state index in [0.717, 1.165) is 0 Å². The summed E-state index contributed by atoms with van der Waals surface area (Å²) in [7, 11) is 1.55. The largest absolute Gasteiger partial charge is 0.855 e. The first-order valence-electron chi connectivity index (χ1n) is 2.61. The molecule has 0 heterocycles. The van der Waals surface area contributed by atoms with E-state index in [4.69, 9.17) is 5.11 Å². The zero-order valence-electron chi connectivity index (χ0n) is 7.64. The topological polar surface area (TPSA) is 148 Å². The van der Waals surface area contributed by atoms with Crippen molar-refractivity contribution in [2.24, 2.45) is 0 Å². The Labute approximate surface area is 66.8 Å². The molecule has 72 valence electrons. The van der Waals surface area contributed by atoms with Crippen molar-refractivity contribution in [2.45, 2.75) is 6.92 Å². The summed E-state index contributed by atoms with van der Waals surface area (Å²) >= 11 is 0. The molecule has 0 aromatic heterocycles. The molecular formula is C5H19N3O3. The molecule has 0 saturated carbocycles. The molecule has 0 fully saturated rings. The van der Waals surface area contributed by atoms with Crippen LogP contribution < -0.4 is 27.8 Å². The zero-order valence-corrected chi connectivity index (χ0v) is 7.64. The molecule has 0 aliphatic rings. The fraction of sp³-hybridized carbons (Fsp3) is 0.800. The number of carbonyl (C=O) groups is 1. The van der Waals surface area contributed by atoms with Crippen LogP contribution in [-0.4, -0.2) is 26.2 Å². The predicted octanol–water partition coefficient (Wildman–Crippen LogP) is -1.93. The summed E-state index contributed by atoms with van der Waals surface area (Å²) < 4.78 is 0. The molecule has 0 aliphatic carbocycles. The highest BCUT2D eigenvalue weighted by Crippen LogP contribution is 1.43. The lowest BCUT2D eigenvalue weighted by Gasteiger charge is -1.94. The second kappa shape index (κ2) is 22.8. The van der Waals surface area contributed by atoms with Crippen molar-refractivity contribution >= 4 is 5.97 Å². The molecule has 0 unspecified atom stereocenters. The average Bonchev–Trinajstić information content (AvgIpc) is 1.67. The lowest BCUT2D eigenvalue weighted by molar-refractivity contribution is -0.361. The van der Waals surface area contributed by atoms with Crippen LogP contribution in [0.1, 0.15) is 6.92 Å². The van der Waals surface area contributed by atoms with Gasteiger partial charge in [0.1, 0.15) is 0 Å². The maximum Gasteiger partial charge on any atom is 0.0552 e. The molecule has 0 spiro atoms. The van der Waals surface area contributed by atoms with Gasteiger partial charge in [0, 0.05) is 6.54 Å². The molecule has 11 heavy (non-hydrogen) atoms. The van der Waals surface area contributed by atoms with E-state index < -0.39 is 5.97 Å². The van der Waals surface area contributed by atoms with Crippen molar-refractivity contribution in [3.05, 3.63) is 0 Å². The van der Waals surface area contributed by atoms with E-state index in [9.17, 15) is 9.90 Å². The van der Waals surface area contributed by atoms with Crippen LogP contribution >= 0.6 is 0 Å². The number of rotatable bonds is 2. The second-order valence-electron chi connectivity index (χ2n) is 1.19. The van der Waals surface area contributed by atoms with Crippen LogP contribution in [0.15, 0.2) is 0 Å². The van der Waals surface area contributed by atoms with E-state index in [1.165, 1.54) is 0 Å². The number of carbonyl (C=O) groups excluding carboxylic acids is 1. The number of hydrogen-bond donors (Lipinski definition) is 3. The molecule has 0 aromatic rings. The zero-order chi connectivity index (χ0) is 7.70. The standard InChI is InChI=1S/C3H7NO2.C2H5O.2H3N/c1-4-2-3(5)6;1-2-3;;/h4H,2H2,1H3,(H,5,6);2H2,1H3;2*1H3/q;-1;;/p+1. The highest BCUT2D eigenvalue weighted by molar-refractivity contribution is 5.66. The van der Waals surface area contributed by atoms with Crippen molar-refractivity contribution < 1.29 is 15.0 Å². The van der Waals surface area contributed by atoms with Crippen molar-refractivity contribution in [1.29, 1.82) is 0 Å². The van der Waals surface area contributed by atoms with Crippen LogP contribution in [0.2, 0.25) is 0 Å². The number of nitrogens with one attached hydrogen (secondary N) is 1. The van der Waals surface area contributed by atoms with Gasteiger partial charge in [-0.25, -0.2) is 0 Å². The Hall–Kier alpha value is -0.690. The average molecular weight is 169 g/mol. The van der Waals surface area contributed by atoms with E-state index in [-0.39, 0.29) is 25.5 Å². The molecule has 0 saturated heterocycles. The predicted molar refractivity (Wildman–Crippen MR) is 41.4 cm³/mol. The highest BCUT2D eigenvalue weighted by atomic mass is 16.4. The van der Waals surface area contributed by atoms with Gasteiger partial charge in [0.2, 0.25) is 0 Å². The third-order valence-corrected chi connectivity index (χ3v) is 0.321. The van der Waals surface area contributed by atoms with Crippen LogP contribution in [0, 0.1) is 0 Å². The Morgan fingerprint density at radius 2 is 1.73 bits per heavy atom.